The Bertz CT molecular complexity index is 451. The fraction of sp³-hybridized carbons (Fsp3) is 0.562. The first-order valence-corrected chi connectivity index (χ1v) is 7.42. The van der Waals surface area contributed by atoms with Crippen LogP contribution in [0.25, 0.3) is 0 Å². The van der Waals surface area contributed by atoms with Gasteiger partial charge in [0.25, 0.3) is 0 Å². The molecular weight excluding hydrogens is 268 g/mol. The molecule has 0 aliphatic rings. The normalized spacial score (nSPS) is 13.5. The average Bonchev–Trinajstić information content (AvgIpc) is 2.45. The fourth-order valence-corrected chi connectivity index (χ4v) is 2.13. The van der Waals surface area contributed by atoms with Crippen LogP contribution < -0.4 is 20.5 Å². The van der Waals surface area contributed by atoms with Crippen LogP contribution in [-0.4, -0.2) is 31.2 Å². The number of hydrogen-bond acceptors (Lipinski definition) is 4. The second-order valence-corrected chi connectivity index (χ2v) is 5.09. The van der Waals surface area contributed by atoms with Crippen LogP contribution in [0.15, 0.2) is 24.3 Å². The summed E-state index contributed by atoms with van der Waals surface area (Å²) < 4.78 is 11.1. The summed E-state index contributed by atoms with van der Waals surface area (Å²) in [6.45, 7) is 7.59. The molecule has 0 aliphatic heterocycles. The molecule has 0 heterocycles. The largest absolute Gasteiger partial charge is 0.494 e. The molecule has 0 saturated carbocycles. The van der Waals surface area contributed by atoms with Gasteiger partial charge in [0, 0.05) is 6.07 Å². The van der Waals surface area contributed by atoms with E-state index in [2.05, 4.69) is 5.32 Å². The van der Waals surface area contributed by atoms with Crippen LogP contribution in [0.2, 0.25) is 0 Å². The first-order chi connectivity index (χ1) is 10.0. The molecule has 1 aromatic rings. The minimum absolute atomic E-state index is 0.331. The van der Waals surface area contributed by atoms with E-state index in [1.54, 1.807) is 0 Å². The van der Waals surface area contributed by atoms with Crippen molar-refractivity contribution < 1.29 is 14.3 Å². The van der Waals surface area contributed by atoms with E-state index in [-0.39, 0.29) is 5.91 Å². The van der Waals surface area contributed by atoms with Gasteiger partial charge in [0.15, 0.2) is 0 Å². The maximum absolute atomic E-state index is 11.5. The predicted octanol–water partition coefficient (Wildman–Crippen LogP) is 2.10. The van der Waals surface area contributed by atoms with E-state index >= 15 is 0 Å². The zero-order valence-corrected chi connectivity index (χ0v) is 13.1. The number of carbonyl (C=O) groups excluding carboxylic acids is 1. The third-order valence-corrected chi connectivity index (χ3v) is 3.32. The number of primary amides is 1. The van der Waals surface area contributed by atoms with E-state index in [1.165, 1.54) is 0 Å². The zero-order chi connectivity index (χ0) is 15.7. The van der Waals surface area contributed by atoms with E-state index in [1.807, 2.05) is 45.0 Å². The summed E-state index contributed by atoms with van der Waals surface area (Å²) in [5, 5.41) is 3.13. The molecule has 0 aliphatic carbocycles. The Balaban J connectivity index is 2.42. The molecule has 1 atom stereocenters. The second kappa shape index (κ2) is 8.52. The molecule has 0 bridgehead atoms. The van der Waals surface area contributed by atoms with Crippen LogP contribution in [0.4, 0.5) is 0 Å². The van der Waals surface area contributed by atoms with Crippen LogP contribution >= 0.6 is 0 Å². The summed E-state index contributed by atoms with van der Waals surface area (Å²) in [4.78, 5) is 11.5. The second-order valence-electron chi connectivity index (χ2n) is 5.09. The Morgan fingerprint density at radius 3 is 2.52 bits per heavy atom. The summed E-state index contributed by atoms with van der Waals surface area (Å²) in [7, 11) is 0. The van der Waals surface area contributed by atoms with Crippen LogP contribution in [0.1, 0.15) is 33.6 Å². The molecule has 3 N–H and O–H groups in total. The standard InChI is InChI=1S/C16H26N2O3/c1-4-18-16(3,15(17)19)10-7-11-21-14-9-6-8-13(12-14)20-5-2/h6,8-9,12,18H,4-5,7,10-11H2,1-3H3,(H2,17,19). The average molecular weight is 294 g/mol. The quantitative estimate of drug-likeness (QED) is 0.648. The smallest absolute Gasteiger partial charge is 0.237 e. The van der Waals surface area contributed by atoms with Crippen molar-refractivity contribution in [3.8, 4) is 11.5 Å². The lowest BCUT2D eigenvalue weighted by atomic mass is 9.95. The molecule has 21 heavy (non-hydrogen) atoms. The number of carbonyl (C=O) groups is 1. The molecule has 1 amide bonds. The Hall–Kier alpha value is -1.75. The summed E-state index contributed by atoms with van der Waals surface area (Å²) >= 11 is 0. The first kappa shape index (κ1) is 17.3. The van der Waals surface area contributed by atoms with Crippen molar-refractivity contribution in [1.29, 1.82) is 0 Å². The molecule has 0 radical (unpaired) electrons. The van der Waals surface area contributed by atoms with Crippen LogP contribution in [0.3, 0.4) is 0 Å². The Labute approximate surface area is 126 Å². The minimum Gasteiger partial charge on any atom is -0.494 e. The van der Waals surface area contributed by atoms with Crippen molar-refractivity contribution >= 4 is 5.91 Å². The number of likely N-dealkylation sites (N-methyl/N-ethyl adjacent to an activating group) is 1. The van der Waals surface area contributed by atoms with Gasteiger partial charge in [-0.3, -0.25) is 4.79 Å². The van der Waals surface area contributed by atoms with Gasteiger partial charge in [-0.2, -0.15) is 0 Å². The zero-order valence-electron chi connectivity index (χ0n) is 13.1. The highest BCUT2D eigenvalue weighted by Gasteiger charge is 2.29. The van der Waals surface area contributed by atoms with Gasteiger partial charge in [-0.25, -0.2) is 0 Å². The molecule has 1 rings (SSSR count). The molecule has 1 aromatic carbocycles. The number of amides is 1. The monoisotopic (exact) mass is 294 g/mol. The van der Waals surface area contributed by atoms with Crippen LogP contribution in [0, 0.1) is 0 Å². The third kappa shape index (κ3) is 5.63. The molecule has 5 heteroatoms. The van der Waals surface area contributed by atoms with Crippen LogP contribution in [-0.2, 0) is 4.79 Å². The Morgan fingerprint density at radius 2 is 1.95 bits per heavy atom. The van der Waals surface area contributed by atoms with Gasteiger partial charge in [0.05, 0.1) is 18.8 Å². The highest BCUT2D eigenvalue weighted by atomic mass is 16.5. The van der Waals surface area contributed by atoms with Gasteiger partial charge >= 0.3 is 0 Å². The minimum atomic E-state index is -0.675. The number of nitrogens with two attached hydrogens (primary N) is 1. The van der Waals surface area contributed by atoms with Crippen molar-refractivity contribution in [3.63, 3.8) is 0 Å². The molecule has 0 spiro atoms. The maximum Gasteiger partial charge on any atom is 0.237 e. The predicted molar refractivity (Wildman–Crippen MR) is 83.6 cm³/mol. The molecule has 0 saturated heterocycles. The summed E-state index contributed by atoms with van der Waals surface area (Å²) in [6.07, 6.45) is 1.38. The lowest BCUT2D eigenvalue weighted by Crippen LogP contribution is -2.53. The number of benzene rings is 1. The van der Waals surface area contributed by atoms with Gasteiger partial charge in [-0.05, 0) is 45.4 Å². The Kier molecular flexibility index (Phi) is 7.02. The van der Waals surface area contributed by atoms with Crippen LogP contribution in [0.5, 0.6) is 11.5 Å². The van der Waals surface area contributed by atoms with Gasteiger partial charge in [0.1, 0.15) is 11.5 Å². The summed E-state index contributed by atoms with van der Waals surface area (Å²) in [5.74, 6) is 1.23. The van der Waals surface area contributed by atoms with Crippen molar-refractivity contribution in [2.45, 2.75) is 39.2 Å². The lowest BCUT2D eigenvalue weighted by Gasteiger charge is -2.26. The molecule has 5 nitrogen and oxygen atoms in total. The fourth-order valence-electron chi connectivity index (χ4n) is 2.13. The SMILES string of the molecule is CCNC(C)(CCCOc1cccc(OCC)c1)C(N)=O. The van der Waals surface area contributed by atoms with E-state index in [0.717, 1.165) is 17.9 Å². The van der Waals surface area contributed by atoms with Crippen molar-refractivity contribution in [3.05, 3.63) is 24.3 Å². The van der Waals surface area contributed by atoms with E-state index in [9.17, 15) is 4.79 Å². The van der Waals surface area contributed by atoms with Gasteiger partial charge < -0.3 is 20.5 Å². The molecular formula is C16H26N2O3. The topological polar surface area (TPSA) is 73.6 Å². The first-order valence-electron chi connectivity index (χ1n) is 7.42. The van der Waals surface area contributed by atoms with Crippen molar-refractivity contribution in [2.24, 2.45) is 5.73 Å². The summed E-state index contributed by atoms with van der Waals surface area (Å²) in [6, 6.07) is 7.54. The number of rotatable bonds is 10. The number of nitrogens with one attached hydrogen (secondary N) is 1. The van der Waals surface area contributed by atoms with Gasteiger partial charge in [-0.15, -0.1) is 0 Å². The number of ether oxygens (including phenoxy) is 2. The lowest BCUT2D eigenvalue weighted by molar-refractivity contribution is -0.124. The summed E-state index contributed by atoms with van der Waals surface area (Å²) in [5.41, 5.74) is 4.77. The molecule has 0 aromatic heterocycles. The van der Waals surface area contributed by atoms with E-state index < -0.39 is 5.54 Å². The molecule has 0 fully saturated rings. The highest BCUT2D eigenvalue weighted by Crippen LogP contribution is 2.20. The maximum atomic E-state index is 11.5. The van der Waals surface area contributed by atoms with Crippen molar-refractivity contribution in [1.82, 2.24) is 5.32 Å². The highest BCUT2D eigenvalue weighted by molar-refractivity contribution is 5.84. The molecule has 118 valence electrons. The Morgan fingerprint density at radius 1 is 1.29 bits per heavy atom. The van der Waals surface area contributed by atoms with Gasteiger partial charge in [0.2, 0.25) is 5.91 Å². The molecule has 1 unspecified atom stereocenters. The van der Waals surface area contributed by atoms with E-state index in [4.69, 9.17) is 15.2 Å². The number of hydrogen-bond donors (Lipinski definition) is 2. The van der Waals surface area contributed by atoms with Crippen molar-refractivity contribution in [2.75, 3.05) is 19.8 Å². The van der Waals surface area contributed by atoms with E-state index in [0.29, 0.717) is 26.2 Å². The van der Waals surface area contributed by atoms with Gasteiger partial charge in [-0.1, -0.05) is 13.0 Å². The third-order valence-electron chi connectivity index (χ3n) is 3.32.